The minimum Gasteiger partial charge on any atom is -0.397 e. The molecule has 68 valence electrons. The lowest BCUT2D eigenvalue weighted by molar-refractivity contribution is -0.121. The summed E-state index contributed by atoms with van der Waals surface area (Å²) in [6.45, 7) is 1.33. The zero-order chi connectivity index (χ0) is 9.28. The molecule has 0 aromatic heterocycles. The average molecular weight is 166 g/mol. The Labute approximate surface area is 64.9 Å². The number of carbonyl (C=O) groups excluding carboxylic acids is 1. The summed E-state index contributed by atoms with van der Waals surface area (Å²) in [5.74, 6) is 0. The largest absolute Gasteiger partial charge is 0.397 e. The van der Waals surface area contributed by atoms with E-state index < -0.39 is 18.8 Å². The van der Waals surface area contributed by atoms with Gasteiger partial charge in [0.15, 0.2) is 6.29 Å². The summed E-state index contributed by atoms with van der Waals surface area (Å²) in [6.07, 6.45) is -2.63. The predicted molar refractivity (Wildman–Crippen MR) is 37.9 cm³/mol. The summed E-state index contributed by atoms with van der Waals surface area (Å²) in [5.41, 5.74) is 0. The number of aliphatic hydroxyl groups excluding tert-OH is 4. The third kappa shape index (κ3) is 9.51. The van der Waals surface area contributed by atoms with E-state index in [0.29, 0.717) is 0 Å². The van der Waals surface area contributed by atoms with Crippen molar-refractivity contribution in [1.82, 2.24) is 0 Å². The monoisotopic (exact) mass is 166 g/mol. The number of aldehydes is 1. The molecule has 0 amide bonds. The van der Waals surface area contributed by atoms with Crippen molar-refractivity contribution in [2.45, 2.75) is 19.1 Å². The van der Waals surface area contributed by atoms with Crippen LogP contribution in [0.1, 0.15) is 6.92 Å². The number of hydrogen-bond acceptors (Lipinski definition) is 5. The number of hydrogen-bond donors (Lipinski definition) is 4. The molecule has 0 saturated heterocycles. The average Bonchev–Trinajstić information content (AvgIpc) is 2.03. The van der Waals surface area contributed by atoms with Crippen molar-refractivity contribution in [1.29, 1.82) is 0 Å². The minimum atomic E-state index is -1.46. The Kier molecular flexibility index (Phi) is 11.3. The van der Waals surface area contributed by atoms with Gasteiger partial charge in [0.2, 0.25) is 0 Å². The highest BCUT2D eigenvalue weighted by atomic mass is 16.4. The summed E-state index contributed by atoms with van der Waals surface area (Å²) in [4.78, 5) is 9.58. The Balaban J connectivity index is 0. The zero-order valence-electron chi connectivity index (χ0n) is 6.34. The molecule has 0 aromatic carbocycles. The molecule has 0 aliphatic rings. The van der Waals surface area contributed by atoms with Gasteiger partial charge in [-0.3, -0.25) is 0 Å². The molecule has 0 aliphatic heterocycles. The number of aliphatic hydroxyl groups is 4. The van der Waals surface area contributed by atoms with Gasteiger partial charge in [-0.15, -0.1) is 0 Å². The van der Waals surface area contributed by atoms with Gasteiger partial charge in [-0.25, -0.2) is 0 Å². The SMILES string of the molecule is CCO.O=C[C@H](O)[C@H](O)CO. The lowest BCUT2D eigenvalue weighted by Crippen LogP contribution is -2.30. The quantitative estimate of drug-likeness (QED) is 0.360. The molecular weight excluding hydrogens is 152 g/mol. The van der Waals surface area contributed by atoms with Gasteiger partial charge in [0, 0.05) is 6.61 Å². The van der Waals surface area contributed by atoms with Crippen LogP contribution in [0.4, 0.5) is 0 Å². The van der Waals surface area contributed by atoms with E-state index in [1.807, 2.05) is 0 Å². The van der Waals surface area contributed by atoms with E-state index in [1.165, 1.54) is 0 Å². The van der Waals surface area contributed by atoms with Gasteiger partial charge < -0.3 is 25.2 Å². The van der Waals surface area contributed by atoms with E-state index in [4.69, 9.17) is 20.4 Å². The second kappa shape index (κ2) is 9.51. The van der Waals surface area contributed by atoms with Crippen LogP contribution in [0, 0.1) is 0 Å². The standard InChI is InChI=1S/C4H8O4.C2H6O/c5-1-3(7)4(8)2-6;1-2-3/h1,3-4,6-8H,2H2;3H,2H2,1H3/t3-,4+;/m0./s1. The maximum atomic E-state index is 9.58. The highest BCUT2D eigenvalue weighted by Crippen LogP contribution is 1.85. The Morgan fingerprint density at radius 3 is 1.82 bits per heavy atom. The van der Waals surface area contributed by atoms with Gasteiger partial charge >= 0.3 is 0 Å². The molecule has 0 heterocycles. The van der Waals surface area contributed by atoms with Gasteiger partial charge in [-0.2, -0.15) is 0 Å². The fraction of sp³-hybridized carbons (Fsp3) is 0.833. The van der Waals surface area contributed by atoms with Crippen LogP contribution in [0.5, 0.6) is 0 Å². The van der Waals surface area contributed by atoms with Crippen LogP contribution in [0.3, 0.4) is 0 Å². The van der Waals surface area contributed by atoms with E-state index in [9.17, 15) is 4.79 Å². The highest BCUT2D eigenvalue weighted by molar-refractivity contribution is 5.56. The molecule has 0 aliphatic carbocycles. The topological polar surface area (TPSA) is 98.0 Å². The molecule has 0 saturated carbocycles. The molecule has 11 heavy (non-hydrogen) atoms. The molecule has 5 heteroatoms. The Morgan fingerprint density at radius 2 is 1.73 bits per heavy atom. The van der Waals surface area contributed by atoms with Crippen molar-refractivity contribution in [3.05, 3.63) is 0 Å². The third-order valence-corrected chi connectivity index (χ3v) is 0.721. The van der Waals surface area contributed by atoms with E-state index in [2.05, 4.69) is 0 Å². The smallest absolute Gasteiger partial charge is 0.151 e. The normalized spacial score (nSPS) is 14.3. The predicted octanol–water partition coefficient (Wildman–Crippen LogP) is -2.10. The lowest BCUT2D eigenvalue weighted by atomic mass is 10.2. The first-order chi connectivity index (χ1) is 5.13. The maximum absolute atomic E-state index is 9.58. The Hall–Kier alpha value is -0.490. The van der Waals surface area contributed by atoms with E-state index in [-0.39, 0.29) is 12.9 Å². The van der Waals surface area contributed by atoms with Crippen molar-refractivity contribution in [2.75, 3.05) is 13.2 Å². The molecule has 0 spiro atoms. The Bertz CT molecular complexity index is 85.0. The van der Waals surface area contributed by atoms with Crippen molar-refractivity contribution < 1.29 is 25.2 Å². The summed E-state index contributed by atoms with van der Waals surface area (Å²) >= 11 is 0. The molecule has 0 bridgehead atoms. The van der Waals surface area contributed by atoms with Gasteiger partial charge in [-0.05, 0) is 6.92 Å². The second-order valence-corrected chi connectivity index (χ2v) is 1.69. The molecule has 0 rings (SSSR count). The van der Waals surface area contributed by atoms with Gasteiger partial charge in [0.25, 0.3) is 0 Å². The maximum Gasteiger partial charge on any atom is 0.151 e. The number of carbonyl (C=O) groups is 1. The third-order valence-electron chi connectivity index (χ3n) is 0.721. The summed E-state index contributed by atoms with van der Waals surface area (Å²) in [7, 11) is 0. The molecule has 2 atom stereocenters. The van der Waals surface area contributed by atoms with E-state index >= 15 is 0 Å². The van der Waals surface area contributed by atoms with Crippen LogP contribution in [-0.4, -0.2) is 52.1 Å². The lowest BCUT2D eigenvalue weighted by Gasteiger charge is -2.06. The van der Waals surface area contributed by atoms with Crippen molar-refractivity contribution in [3.8, 4) is 0 Å². The highest BCUT2D eigenvalue weighted by Gasteiger charge is 2.12. The summed E-state index contributed by atoms with van der Waals surface area (Å²) in [5, 5.41) is 32.4. The van der Waals surface area contributed by atoms with Crippen molar-refractivity contribution in [3.63, 3.8) is 0 Å². The van der Waals surface area contributed by atoms with Crippen LogP contribution in [0.2, 0.25) is 0 Å². The fourth-order valence-corrected chi connectivity index (χ4v) is 0.199. The van der Waals surface area contributed by atoms with Crippen LogP contribution < -0.4 is 0 Å². The second-order valence-electron chi connectivity index (χ2n) is 1.69. The van der Waals surface area contributed by atoms with Crippen LogP contribution in [0.25, 0.3) is 0 Å². The molecule has 0 radical (unpaired) electrons. The van der Waals surface area contributed by atoms with E-state index in [1.54, 1.807) is 6.92 Å². The Morgan fingerprint density at radius 1 is 1.36 bits per heavy atom. The number of rotatable bonds is 3. The first kappa shape index (κ1) is 13.1. The molecule has 4 N–H and O–H groups in total. The molecular formula is C6H14O5. The first-order valence-electron chi connectivity index (χ1n) is 3.17. The van der Waals surface area contributed by atoms with Crippen molar-refractivity contribution >= 4 is 6.29 Å². The molecule has 0 aromatic rings. The molecule has 5 nitrogen and oxygen atoms in total. The molecule has 0 unspecified atom stereocenters. The van der Waals surface area contributed by atoms with Crippen LogP contribution in [0.15, 0.2) is 0 Å². The summed E-state index contributed by atoms with van der Waals surface area (Å²) < 4.78 is 0. The first-order valence-corrected chi connectivity index (χ1v) is 3.17. The van der Waals surface area contributed by atoms with Crippen LogP contribution >= 0.6 is 0 Å². The van der Waals surface area contributed by atoms with Gasteiger partial charge in [-0.1, -0.05) is 0 Å². The fourth-order valence-electron chi connectivity index (χ4n) is 0.199. The van der Waals surface area contributed by atoms with Gasteiger partial charge in [0.1, 0.15) is 12.2 Å². The van der Waals surface area contributed by atoms with Crippen molar-refractivity contribution in [2.24, 2.45) is 0 Å². The summed E-state index contributed by atoms with van der Waals surface area (Å²) in [6, 6.07) is 0. The zero-order valence-corrected chi connectivity index (χ0v) is 6.34. The van der Waals surface area contributed by atoms with Crippen LogP contribution in [-0.2, 0) is 4.79 Å². The molecule has 0 fully saturated rings. The van der Waals surface area contributed by atoms with Gasteiger partial charge in [0.05, 0.1) is 6.61 Å². The van der Waals surface area contributed by atoms with E-state index in [0.717, 1.165) is 0 Å². The minimum absolute atomic E-state index is 0.168.